The van der Waals surface area contributed by atoms with Gasteiger partial charge in [-0.2, -0.15) is 0 Å². The van der Waals surface area contributed by atoms with Crippen molar-refractivity contribution in [2.45, 2.75) is 35.3 Å². The molecule has 0 spiro atoms. The number of aromatic nitrogens is 4. The Morgan fingerprint density at radius 2 is 1.61 bits per heavy atom. The Bertz CT molecular complexity index is 2630. The number of aryl methyl sites for hydroxylation is 1. The van der Waals surface area contributed by atoms with Gasteiger partial charge in [0.05, 0.1) is 21.7 Å². The Balaban J connectivity index is 0.943. The Morgan fingerprint density at radius 3 is 2.37 bits per heavy atom. The van der Waals surface area contributed by atoms with Gasteiger partial charge in [0.1, 0.15) is 12.0 Å². The first-order chi connectivity index (χ1) is 28.8. The summed E-state index contributed by atoms with van der Waals surface area (Å²) in [5.74, 6) is 0.714. The van der Waals surface area contributed by atoms with Gasteiger partial charge in [0.2, 0.25) is 0 Å². The molecular weight excluding hydrogens is 783 g/mol. The molecule has 0 aliphatic carbocycles. The predicted molar refractivity (Wildman–Crippen MR) is 234 cm³/mol. The van der Waals surface area contributed by atoms with Crippen LogP contribution in [0.15, 0.2) is 156 Å². The molecule has 1 saturated heterocycles. The fourth-order valence-corrected chi connectivity index (χ4v) is 9.32. The zero-order chi connectivity index (χ0) is 40.6. The van der Waals surface area contributed by atoms with Crippen LogP contribution in [0.25, 0.3) is 22.0 Å². The topological polar surface area (TPSA) is 151 Å². The highest BCUT2D eigenvalue weighted by molar-refractivity contribution is 7.99. The highest BCUT2D eigenvalue weighted by Crippen LogP contribution is 2.33. The van der Waals surface area contributed by atoms with Crippen molar-refractivity contribution in [2.75, 3.05) is 46.9 Å². The molecular formula is C44H43N9O4S2. The fourth-order valence-electron chi connectivity index (χ4n) is 7.28. The van der Waals surface area contributed by atoms with Crippen LogP contribution >= 0.6 is 11.8 Å². The zero-order valence-corrected chi connectivity index (χ0v) is 33.8. The summed E-state index contributed by atoms with van der Waals surface area (Å²) in [5, 5.41) is 16.2. The number of hydrogen-bond donors (Lipinski definition) is 2. The fraction of sp³-hybridized carbons (Fsp3) is 0.205. The van der Waals surface area contributed by atoms with E-state index in [2.05, 4.69) is 83.3 Å². The molecule has 5 aromatic carbocycles. The number of imidazole rings is 1. The highest BCUT2D eigenvalue weighted by atomic mass is 32.2. The SMILES string of the molecule is O=[N+]([O-])c1cc(S(=O)(=O)Nc2ncnc3cc(N4CCN(Cc5ccccc5-c5ccccc5)CC4)ccc23)ccc1NC(CCn1ccnc1)CSc1ccccc1. The van der Waals surface area contributed by atoms with E-state index in [1.165, 1.54) is 35.2 Å². The first-order valence-corrected chi connectivity index (χ1v) is 21.8. The van der Waals surface area contributed by atoms with Crippen LogP contribution in [-0.2, 0) is 23.1 Å². The van der Waals surface area contributed by atoms with Crippen LogP contribution in [0, 0.1) is 10.1 Å². The number of thioether (sulfide) groups is 1. The molecule has 0 radical (unpaired) electrons. The largest absolute Gasteiger partial charge is 0.376 e. The summed E-state index contributed by atoms with van der Waals surface area (Å²) < 4.78 is 32.1. The van der Waals surface area contributed by atoms with E-state index >= 15 is 0 Å². The lowest BCUT2D eigenvalue weighted by Gasteiger charge is -2.36. The van der Waals surface area contributed by atoms with E-state index in [4.69, 9.17) is 0 Å². The Morgan fingerprint density at radius 1 is 0.847 bits per heavy atom. The quantitative estimate of drug-likeness (QED) is 0.0552. The van der Waals surface area contributed by atoms with Crippen LogP contribution in [0.2, 0.25) is 0 Å². The maximum absolute atomic E-state index is 13.8. The first-order valence-electron chi connectivity index (χ1n) is 19.4. The predicted octanol–water partition coefficient (Wildman–Crippen LogP) is 8.19. The maximum atomic E-state index is 13.8. The number of piperazine rings is 1. The molecule has 1 aliphatic heterocycles. The molecule has 13 nitrogen and oxygen atoms in total. The zero-order valence-electron chi connectivity index (χ0n) is 32.2. The van der Waals surface area contributed by atoms with Crippen molar-refractivity contribution >= 4 is 55.6 Å². The van der Waals surface area contributed by atoms with Gasteiger partial charge in [0, 0.05) is 85.5 Å². The van der Waals surface area contributed by atoms with Gasteiger partial charge in [-0.25, -0.2) is 23.4 Å². The van der Waals surface area contributed by atoms with E-state index in [1.54, 1.807) is 24.3 Å². The van der Waals surface area contributed by atoms with E-state index in [1.807, 2.05) is 65.4 Å². The van der Waals surface area contributed by atoms with Crippen molar-refractivity contribution in [1.29, 1.82) is 0 Å². The number of benzene rings is 5. The number of anilines is 3. The van der Waals surface area contributed by atoms with E-state index in [-0.39, 0.29) is 28.1 Å². The van der Waals surface area contributed by atoms with Crippen LogP contribution in [0.3, 0.4) is 0 Å². The van der Waals surface area contributed by atoms with Gasteiger partial charge in [0.25, 0.3) is 15.7 Å². The van der Waals surface area contributed by atoms with Gasteiger partial charge in [-0.3, -0.25) is 19.7 Å². The van der Waals surface area contributed by atoms with Crippen molar-refractivity contribution in [1.82, 2.24) is 24.4 Å². The van der Waals surface area contributed by atoms with Crippen molar-refractivity contribution in [3.8, 4) is 11.1 Å². The minimum atomic E-state index is -4.28. The molecule has 3 heterocycles. The lowest BCUT2D eigenvalue weighted by atomic mass is 9.99. The van der Waals surface area contributed by atoms with E-state index in [0.717, 1.165) is 49.4 Å². The molecule has 8 rings (SSSR count). The molecule has 15 heteroatoms. The van der Waals surface area contributed by atoms with Gasteiger partial charge in [0.15, 0.2) is 5.82 Å². The molecule has 1 unspecified atom stereocenters. The third kappa shape index (κ3) is 9.71. The van der Waals surface area contributed by atoms with Crippen LogP contribution in [0.1, 0.15) is 12.0 Å². The van der Waals surface area contributed by atoms with E-state index in [9.17, 15) is 18.5 Å². The Labute approximate surface area is 347 Å². The van der Waals surface area contributed by atoms with Crippen molar-refractivity contribution in [3.05, 3.63) is 162 Å². The van der Waals surface area contributed by atoms with Crippen LogP contribution in [0.4, 0.5) is 22.9 Å². The van der Waals surface area contributed by atoms with Crippen molar-refractivity contribution < 1.29 is 13.3 Å². The molecule has 0 saturated carbocycles. The number of rotatable bonds is 16. The smallest absolute Gasteiger partial charge is 0.293 e. The number of nitrogens with one attached hydrogen (secondary N) is 2. The summed E-state index contributed by atoms with van der Waals surface area (Å²) in [5.41, 5.74) is 5.21. The monoisotopic (exact) mass is 825 g/mol. The third-order valence-corrected chi connectivity index (χ3v) is 12.9. The molecule has 1 fully saturated rings. The highest BCUT2D eigenvalue weighted by Gasteiger charge is 2.25. The van der Waals surface area contributed by atoms with Crippen molar-refractivity contribution in [3.63, 3.8) is 0 Å². The number of hydrogen-bond acceptors (Lipinski definition) is 11. The molecule has 0 bridgehead atoms. The summed E-state index contributed by atoms with van der Waals surface area (Å²) >= 11 is 1.64. The second kappa shape index (κ2) is 18.1. The molecule has 59 heavy (non-hydrogen) atoms. The number of nitro groups is 1. The van der Waals surface area contributed by atoms with Gasteiger partial charge >= 0.3 is 0 Å². The third-order valence-electron chi connectivity index (χ3n) is 10.4. The molecule has 2 aromatic heterocycles. The molecule has 300 valence electrons. The second-order valence-corrected chi connectivity index (χ2v) is 17.1. The molecule has 2 N–H and O–H groups in total. The van der Waals surface area contributed by atoms with Gasteiger partial charge in [-0.15, -0.1) is 11.8 Å². The van der Waals surface area contributed by atoms with Gasteiger partial charge in [-0.1, -0.05) is 72.8 Å². The van der Waals surface area contributed by atoms with Crippen LogP contribution < -0.4 is 14.9 Å². The summed E-state index contributed by atoms with van der Waals surface area (Å²) in [7, 11) is -4.28. The van der Waals surface area contributed by atoms with E-state index < -0.39 is 14.9 Å². The van der Waals surface area contributed by atoms with Crippen LogP contribution in [0.5, 0.6) is 0 Å². The summed E-state index contributed by atoms with van der Waals surface area (Å²) in [6.45, 7) is 4.92. The first kappa shape index (κ1) is 39.5. The van der Waals surface area contributed by atoms with E-state index in [0.29, 0.717) is 29.6 Å². The number of sulfonamides is 1. The van der Waals surface area contributed by atoms with Crippen LogP contribution in [-0.4, -0.2) is 75.7 Å². The number of fused-ring (bicyclic) bond motifs is 1. The number of nitrogens with zero attached hydrogens (tertiary/aromatic N) is 7. The molecule has 1 atom stereocenters. The average molecular weight is 826 g/mol. The minimum Gasteiger partial charge on any atom is -0.376 e. The Hall–Kier alpha value is -6.29. The second-order valence-electron chi connectivity index (χ2n) is 14.3. The normalized spacial score (nSPS) is 13.9. The molecule has 0 amide bonds. The summed E-state index contributed by atoms with van der Waals surface area (Å²) in [6, 6.07) is 38.4. The van der Waals surface area contributed by atoms with Crippen molar-refractivity contribution in [2.24, 2.45) is 0 Å². The van der Waals surface area contributed by atoms with Gasteiger partial charge < -0.3 is 14.8 Å². The Kier molecular flexibility index (Phi) is 12.1. The lowest BCUT2D eigenvalue weighted by Crippen LogP contribution is -2.46. The lowest BCUT2D eigenvalue weighted by molar-refractivity contribution is -0.384. The van der Waals surface area contributed by atoms with Gasteiger partial charge in [-0.05, 0) is 65.6 Å². The number of nitro benzene ring substituents is 1. The maximum Gasteiger partial charge on any atom is 0.293 e. The molecule has 7 aromatic rings. The molecule has 1 aliphatic rings. The summed E-state index contributed by atoms with van der Waals surface area (Å²) in [6.07, 6.45) is 7.27. The standard InChI is InChI=1S/C44H43N9O4S2/c54-53(55)43-28-38(16-18-41(43)48-35(19-21-51-22-20-45-32-51)30-58-37-12-5-2-6-13-37)59(56,57)49-44-40-17-15-36(27-42(40)46-31-47-44)52-25-23-50(24-26-52)29-34-11-7-8-14-39(34)33-9-3-1-4-10-33/h1-18,20,22,27-28,31-32,35,48H,19,21,23-26,29-30H2,(H,46,47,49). The average Bonchev–Trinajstić information content (AvgIpc) is 3.79. The summed E-state index contributed by atoms with van der Waals surface area (Å²) in [4.78, 5) is 30.2. The minimum absolute atomic E-state index is 0.0887.